The van der Waals surface area contributed by atoms with Gasteiger partial charge in [0.05, 0.1) is 18.4 Å². The van der Waals surface area contributed by atoms with Crippen LogP contribution in [-0.4, -0.2) is 17.4 Å². The van der Waals surface area contributed by atoms with Gasteiger partial charge in [0.15, 0.2) is 0 Å². The maximum atomic E-state index is 12.3. The lowest BCUT2D eigenvalue weighted by molar-refractivity contribution is -0.114. The van der Waals surface area contributed by atoms with Crippen molar-refractivity contribution in [3.05, 3.63) is 24.3 Å². The number of pyridine rings is 1. The molecule has 4 nitrogen and oxygen atoms in total. The number of aromatic nitrogens is 1. The van der Waals surface area contributed by atoms with Crippen molar-refractivity contribution >= 4 is 11.6 Å². The van der Waals surface area contributed by atoms with E-state index in [0.717, 1.165) is 6.07 Å². The number of anilines is 1. The van der Waals surface area contributed by atoms with Crippen molar-refractivity contribution in [2.24, 2.45) is 5.73 Å². The van der Waals surface area contributed by atoms with E-state index in [9.17, 15) is 9.18 Å². The van der Waals surface area contributed by atoms with Crippen molar-refractivity contribution in [1.82, 2.24) is 4.98 Å². The Labute approximate surface area is 68.6 Å². The molecule has 0 atom stereocenters. The van der Waals surface area contributed by atoms with E-state index in [1.54, 1.807) is 0 Å². The Morgan fingerprint density at radius 2 is 2.42 bits per heavy atom. The zero-order valence-corrected chi connectivity index (χ0v) is 6.25. The summed E-state index contributed by atoms with van der Waals surface area (Å²) in [4.78, 5) is 14.1. The number of rotatable bonds is 2. The number of carbonyl (C=O) groups is 1. The molecule has 0 fully saturated rings. The molecule has 0 unspecified atom stereocenters. The van der Waals surface area contributed by atoms with Gasteiger partial charge in [-0.05, 0) is 12.1 Å². The fourth-order valence-corrected chi connectivity index (χ4v) is 0.662. The molecule has 64 valence electrons. The van der Waals surface area contributed by atoms with Gasteiger partial charge in [0, 0.05) is 0 Å². The number of hydrogen-bond acceptors (Lipinski definition) is 3. The molecule has 0 spiro atoms. The van der Waals surface area contributed by atoms with Crippen LogP contribution in [0.5, 0.6) is 0 Å². The Morgan fingerprint density at radius 1 is 1.67 bits per heavy atom. The van der Waals surface area contributed by atoms with Crippen LogP contribution in [0.3, 0.4) is 0 Å². The molecular formula is C7H8FN3O. The highest BCUT2D eigenvalue weighted by Gasteiger charge is 1.98. The second kappa shape index (κ2) is 3.77. The van der Waals surface area contributed by atoms with Crippen LogP contribution in [0.15, 0.2) is 18.3 Å². The van der Waals surface area contributed by atoms with Crippen molar-refractivity contribution in [3.8, 4) is 0 Å². The van der Waals surface area contributed by atoms with Crippen molar-refractivity contribution in [1.29, 1.82) is 0 Å². The van der Waals surface area contributed by atoms with Gasteiger partial charge in [0.25, 0.3) is 0 Å². The summed E-state index contributed by atoms with van der Waals surface area (Å²) >= 11 is 0. The molecule has 1 aromatic heterocycles. The van der Waals surface area contributed by atoms with Crippen molar-refractivity contribution in [2.45, 2.75) is 0 Å². The molecule has 1 heterocycles. The monoisotopic (exact) mass is 169 g/mol. The van der Waals surface area contributed by atoms with Gasteiger partial charge < -0.3 is 11.1 Å². The van der Waals surface area contributed by atoms with Gasteiger partial charge in [-0.25, -0.2) is 4.98 Å². The van der Waals surface area contributed by atoms with Gasteiger partial charge in [0.1, 0.15) is 0 Å². The second-order valence-corrected chi connectivity index (χ2v) is 2.12. The predicted molar refractivity (Wildman–Crippen MR) is 41.9 cm³/mol. The van der Waals surface area contributed by atoms with E-state index in [1.165, 1.54) is 12.3 Å². The van der Waals surface area contributed by atoms with Crippen LogP contribution in [-0.2, 0) is 4.79 Å². The molecule has 0 radical (unpaired) electrons. The Kier molecular flexibility index (Phi) is 2.71. The third-order valence-electron chi connectivity index (χ3n) is 1.20. The highest BCUT2D eigenvalue weighted by atomic mass is 19.1. The van der Waals surface area contributed by atoms with E-state index in [2.05, 4.69) is 10.3 Å². The first-order valence-electron chi connectivity index (χ1n) is 3.34. The molecule has 0 aromatic carbocycles. The lowest BCUT2D eigenvalue weighted by Crippen LogP contribution is -2.21. The van der Waals surface area contributed by atoms with Gasteiger partial charge in [-0.15, -0.1) is 0 Å². The number of nitrogens with two attached hydrogens (primary N) is 1. The zero-order chi connectivity index (χ0) is 8.97. The van der Waals surface area contributed by atoms with Crippen LogP contribution in [0.25, 0.3) is 0 Å². The topological polar surface area (TPSA) is 68.0 Å². The number of nitrogens with one attached hydrogen (secondary N) is 1. The molecule has 1 amide bonds. The molecule has 0 aliphatic carbocycles. The molecule has 0 bridgehead atoms. The van der Waals surface area contributed by atoms with Gasteiger partial charge in [-0.3, -0.25) is 4.79 Å². The molecule has 0 aliphatic rings. The van der Waals surface area contributed by atoms with Crippen molar-refractivity contribution in [2.75, 3.05) is 11.9 Å². The van der Waals surface area contributed by atoms with E-state index >= 15 is 0 Å². The summed E-state index contributed by atoms with van der Waals surface area (Å²) in [5, 5.41) is 2.43. The van der Waals surface area contributed by atoms with Crippen molar-refractivity contribution in [3.63, 3.8) is 0 Å². The SMILES string of the molecule is NCC(=O)Nc1ccc(F)nc1. The number of amides is 1. The Bertz CT molecular complexity index is 272. The van der Waals surface area contributed by atoms with E-state index in [4.69, 9.17) is 5.73 Å². The van der Waals surface area contributed by atoms with E-state index in [-0.39, 0.29) is 12.5 Å². The minimum atomic E-state index is -0.583. The van der Waals surface area contributed by atoms with E-state index < -0.39 is 5.95 Å². The van der Waals surface area contributed by atoms with Crippen molar-refractivity contribution < 1.29 is 9.18 Å². The number of halogens is 1. The summed E-state index contributed by atoms with van der Waals surface area (Å²) in [7, 11) is 0. The van der Waals surface area contributed by atoms with E-state index in [1.807, 2.05) is 0 Å². The van der Waals surface area contributed by atoms with Gasteiger partial charge >= 0.3 is 0 Å². The summed E-state index contributed by atoms with van der Waals surface area (Å²) in [5.74, 6) is -0.913. The average molecular weight is 169 g/mol. The highest BCUT2D eigenvalue weighted by molar-refractivity contribution is 5.91. The maximum absolute atomic E-state index is 12.3. The van der Waals surface area contributed by atoms with Gasteiger partial charge in [0.2, 0.25) is 11.9 Å². The molecule has 3 N–H and O–H groups in total. The highest BCUT2D eigenvalue weighted by Crippen LogP contribution is 2.03. The third kappa shape index (κ3) is 2.28. The quantitative estimate of drug-likeness (QED) is 0.618. The van der Waals surface area contributed by atoms with E-state index in [0.29, 0.717) is 5.69 Å². The van der Waals surface area contributed by atoms with Crippen LogP contribution >= 0.6 is 0 Å². The minimum Gasteiger partial charge on any atom is -0.324 e. The maximum Gasteiger partial charge on any atom is 0.238 e. The fraction of sp³-hybridized carbons (Fsp3) is 0.143. The first kappa shape index (κ1) is 8.61. The molecule has 1 aromatic rings. The fourth-order valence-electron chi connectivity index (χ4n) is 0.662. The van der Waals surface area contributed by atoms with Crippen LogP contribution < -0.4 is 11.1 Å². The zero-order valence-electron chi connectivity index (χ0n) is 6.25. The Morgan fingerprint density at radius 3 is 2.92 bits per heavy atom. The molecule has 0 aliphatic heterocycles. The standard InChI is InChI=1S/C7H8FN3O/c8-6-2-1-5(4-10-6)11-7(12)3-9/h1-2,4H,3,9H2,(H,11,12). The lowest BCUT2D eigenvalue weighted by Gasteiger charge is -2.00. The molecule has 0 saturated heterocycles. The number of hydrogen-bond donors (Lipinski definition) is 2. The Hall–Kier alpha value is -1.49. The lowest BCUT2D eigenvalue weighted by atomic mass is 10.4. The summed E-state index contributed by atoms with van der Waals surface area (Å²) < 4.78 is 12.3. The average Bonchev–Trinajstić information content (AvgIpc) is 2.09. The van der Waals surface area contributed by atoms with Gasteiger partial charge in [-0.1, -0.05) is 0 Å². The normalized spacial score (nSPS) is 9.50. The summed E-state index contributed by atoms with van der Waals surface area (Å²) in [6.07, 6.45) is 1.23. The molecule has 5 heteroatoms. The summed E-state index contributed by atoms with van der Waals surface area (Å²) in [6.45, 7) is -0.0998. The molecular weight excluding hydrogens is 161 g/mol. The van der Waals surface area contributed by atoms with Crippen LogP contribution in [0.4, 0.5) is 10.1 Å². The first-order chi connectivity index (χ1) is 5.72. The molecule has 0 saturated carbocycles. The largest absolute Gasteiger partial charge is 0.324 e. The number of nitrogens with zero attached hydrogens (tertiary/aromatic N) is 1. The molecule has 1 rings (SSSR count). The number of carbonyl (C=O) groups excluding carboxylic acids is 1. The van der Waals surface area contributed by atoms with Crippen LogP contribution in [0, 0.1) is 5.95 Å². The summed E-state index contributed by atoms with van der Waals surface area (Å²) in [5.41, 5.74) is 5.48. The first-order valence-corrected chi connectivity index (χ1v) is 3.34. The van der Waals surface area contributed by atoms with Crippen LogP contribution in [0.2, 0.25) is 0 Å². The molecule has 12 heavy (non-hydrogen) atoms. The predicted octanol–water partition coefficient (Wildman–Crippen LogP) is 0.118. The Balaban J connectivity index is 2.64. The van der Waals surface area contributed by atoms with Gasteiger partial charge in [-0.2, -0.15) is 4.39 Å². The third-order valence-corrected chi connectivity index (χ3v) is 1.20. The van der Waals surface area contributed by atoms with Crippen LogP contribution in [0.1, 0.15) is 0 Å². The smallest absolute Gasteiger partial charge is 0.238 e. The second-order valence-electron chi connectivity index (χ2n) is 2.12. The summed E-state index contributed by atoms with van der Waals surface area (Å²) in [6, 6.07) is 2.57. The minimum absolute atomic E-state index is 0.0998.